The summed E-state index contributed by atoms with van der Waals surface area (Å²) in [6.07, 6.45) is 2.84. The van der Waals surface area contributed by atoms with Crippen LogP contribution < -0.4 is 5.56 Å². The molecule has 0 aliphatic carbocycles. The first-order chi connectivity index (χ1) is 7.18. The average Bonchev–Trinajstić information content (AvgIpc) is 2.22. The summed E-state index contributed by atoms with van der Waals surface area (Å²) in [6, 6.07) is 1.48. The standard InChI is InChI=1S/C8H6N4O3/c13-7(14)4-12-8(15)5-1-2-9-3-6(5)10-11-12/h1-3H,4H2,(H,13,14). The lowest BCUT2D eigenvalue weighted by atomic mass is 10.3. The van der Waals surface area contributed by atoms with Gasteiger partial charge in [0.2, 0.25) is 0 Å². The van der Waals surface area contributed by atoms with Crippen molar-refractivity contribution in [2.24, 2.45) is 0 Å². The van der Waals surface area contributed by atoms with Crippen LogP contribution in [0.1, 0.15) is 0 Å². The van der Waals surface area contributed by atoms with E-state index in [2.05, 4.69) is 15.3 Å². The molecule has 0 bridgehead atoms. The lowest BCUT2D eigenvalue weighted by Crippen LogP contribution is -2.27. The van der Waals surface area contributed by atoms with Crippen molar-refractivity contribution in [1.82, 2.24) is 20.0 Å². The zero-order valence-electron chi connectivity index (χ0n) is 7.49. The second-order valence-corrected chi connectivity index (χ2v) is 2.84. The highest BCUT2D eigenvalue weighted by Gasteiger charge is 2.07. The summed E-state index contributed by atoms with van der Waals surface area (Å²) < 4.78 is 0.796. The fourth-order valence-electron chi connectivity index (χ4n) is 1.16. The van der Waals surface area contributed by atoms with Crippen molar-refractivity contribution < 1.29 is 9.90 Å². The molecular weight excluding hydrogens is 200 g/mol. The Morgan fingerprint density at radius 3 is 3.07 bits per heavy atom. The van der Waals surface area contributed by atoms with E-state index in [1.165, 1.54) is 18.5 Å². The van der Waals surface area contributed by atoms with E-state index in [1.54, 1.807) is 0 Å². The van der Waals surface area contributed by atoms with E-state index < -0.39 is 18.1 Å². The SMILES string of the molecule is O=C(O)Cn1nnc2cnccc2c1=O. The monoisotopic (exact) mass is 206 g/mol. The van der Waals surface area contributed by atoms with Crippen LogP contribution in [0.3, 0.4) is 0 Å². The van der Waals surface area contributed by atoms with Crippen molar-refractivity contribution in [2.45, 2.75) is 6.54 Å². The van der Waals surface area contributed by atoms with E-state index in [1.807, 2.05) is 0 Å². The van der Waals surface area contributed by atoms with Crippen molar-refractivity contribution in [3.05, 3.63) is 28.8 Å². The first kappa shape index (κ1) is 9.25. The Balaban J connectivity index is 2.65. The molecule has 76 valence electrons. The Morgan fingerprint density at radius 2 is 2.33 bits per heavy atom. The van der Waals surface area contributed by atoms with Gasteiger partial charge in [0.15, 0.2) is 0 Å². The number of aromatic nitrogens is 4. The number of pyridine rings is 1. The van der Waals surface area contributed by atoms with Gasteiger partial charge in [-0.1, -0.05) is 5.21 Å². The van der Waals surface area contributed by atoms with Crippen LogP contribution in [0.4, 0.5) is 0 Å². The summed E-state index contributed by atoms with van der Waals surface area (Å²) in [6.45, 7) is -0.496. The van der Waals surface area contributed by atoms with E-state index in [0.717, 1.165) is 4.68 Å². The molecule has 0 unspecified atom stereocenters. The van der Waals surface area contributed by atoms with Gasteiger partial charge >= 0.3 is 5.97 Å². The largest absolute Gasteiger partial charge is 0.480 e. The van der Waals surface area contributed by atoms with Crippen LogP contribution in [0.5, 0.6) is 0 Å². The van der Waals surface area contributed by atoms with Gasteiger partial charge in [0, 0.05) is 6.20 Å². The molecule has 0 fully saturated rings. The molecule has 0 amide bonds. The lowest BCUT2D eigenvalue weighted by Gasteiger charge is -2.00. The van der Waals surface area contributed by atoms with Crippen LogP contribution in [-0.4, -0.2) is 31.1 Å². The highest BCUT2D eigenvalue weighted by molar-refractivity contribution is 5.75. The van der Waals surface area contributed by atoms with Gasteiger partial charge in [-0.3, -0.25) is 14.6 Å². The molecule has 2 rings (SSSR count). The molecule has 7 nitrogen and oxygen atoms in total. The van der Waals surface area contributed by atoms with Crippen LogP contribution in [0, 0.1) is 0 Å². The van der Waals surface area contributed by atoms with Crippen molar-refractivity contribution >= 4 is 16.9 Å². The summed E-state index contributed by atoms with van der Waals surface area (Å²) in [5, 5.41) is 16.0. The Labute approximate surface area is 83.0 Å². The van der Waals surface area contributed by atoms with Crippen LogP contribution in [-0.2, 0) is 11.3 Å². The molecule has 0 saturated heterocycles. The molecule has 0 aromatic carbocycles. The first-order valence-electron chi connectivity index (χ1n) is 4.08. The zero-order valence-corrected chi connectivity index (χ0v) is 7.49. The second-order valence-electron chi connectivity index (χ2n) is 2.84. The quantitative estimate of drug-likeness (QED) is 0.695. The predicted molar refractivity (Wildman–Crippen MR) is 49.2 cm³/mol. The summed E-state index contributed by atoms with van der Waals surface area (Å²) in [5.41, 5.74) is -0.131. The molecule has 0 saturated carbocycles. The average molecular weight is 206 g/mol. The third-order valence-corrected chi connectivity index (χ3v) is 1.81. The lowest BCUT2D eigenvalue weighted by molar-refractivity contribution is -0.138. The summed E-state index contributed by atoms with van der Waals surface area (Å²) in [7, 11) is 0. The maximum atomic E-state index is 11.6. The predicted octanol–water partition coefficient (Wildman–Crippen LogP) is -0.729. The zero-order chi connectivity index (χ0) is 10.8. The van der Waals surface area contributed by atoms with Crippen LogP contribution in [0.2, 0.25) is 0 Å². The van der Waals surface area contributed by atoms with E-state index in [9.17, 15) is 9.59 Å². The summed E-state index contributed by atoms with van der Waals surface area (Å²) in [5.74, 6) is -1.14. The Hall–Kier alpha value is -2.31. The number of rotatable bonds is 2. The molecule has 1 N–H and O–H groups in total. The Kier molecular flexibility index (Phi) is 2.13. The minimum Gasteiger partial charge on any atom is -0.480 e. The third kappa shape index (κ3) is 1.66. The molecule has 0 atom stereocenters. The molecule has 15 heavy (non-hydrogen) atoms. The van der Waals surface area contributed by atoms with Gasteiger partial charge in [0.25, 0.3) is 5.56 Å². The number of nitrogens with zero attached hydrogens (tertiary/aromatic N) is 4. The molecule has 2 aromatic heterocycles. The maximum absolute atomic E-state index is 11.6. The van der Waals surface area contributed by atoms with Gasteiger partial charge in [-0.25, -0.2) is 0 Å². The number of carboxylic acid groups (broad SMARTS) is 1. The number of hydrogen-bond acceptors (Lipinski definition) is 5. The minimum absolute atomic E-state index is 0.307. The van der Waals surface area contributed by atoms with Crippen LogP contribution in [0.15, 0.2) is 23.3 Å². The molecule has 7 heteroatoms. The van der Waals surface area contributed by atoms with Gasteiger partial charge in [-0.2, -0.15) is 4.68 Å². The molecule has 0 aliphatic heterocycles. The number of hydrogen-bond donors (Lipinski definition) is 1. The van der Waals surface area contributed by atoms with Gasteiger partial charge < -0.3 is 5.11 Å². The molecule has 2 heterocycles. The molecule has 0 radical (unpaired) electrons. The van der Waals surface area contributed by atoms with E-state index in [4.69, 9.17) is 5.11 Å². The van der Waals surface area contributed by atoms with Crippen LogP contribution in [0.25, 0.3) is 10.9 Å². The Morgan fingerprint density at radius 1 is 1.53 bits per heavy atom. The number of fused-ring (bicyclic) bond motifs is 1. The van der Waals surface area contributed by atoms with Gasteiger partial charge in [0.05, 0.1) is 11.6 Å². The van der Waals surface area contributed by atoms with E-state index in [0.29, 0.717) is 10.9 Å². The van der Waals surface area contributed by atoms with Crippen LogP contribution >= 0.6 is 0 Å². The molecule has 0 aliphatic rings. The third-order valence-electron chi connectivity index (χ3n) is 1.81. The highest BCUT2D eigenvalue weighted by Crippen LogP contribution is 2.00. The normalized spacial score (nSPS) is 10.4. The molecule has 2 aromatic rings. The fourth-order valence-corrected chi connectivity index (χ4v) is 1.16. The van der Waals surface area contributed by atoms with Gasteiger partial charge in [-0.05, 0) is 6.07 Å². The second kappa shape index (κ2) is 3.45. The highest BCUT2D eigenvalue weighted by atomic mass is 16.4. The summed E-state index contributed by atoms with van der Waals surface area (Å²) in [4.78, 5) is 25.8. The Bertz CT molecular complexity index is 577. The maximum Gasteiger partial charge on any atom is 0.325 e. The van der Waals surface area contributed by atoms with Crippen molar-refractivity contribution in [1.29, 1.82) is 0 Å². The minimum atomic E-state index is -1.14. The fraction of sp³-hybridized carbons (Fsp3) is 0.125. The first-order valence-corrected chi connectivity index (χ1v) is 4.08. The molecule has 0 spiro atoms. The van der Waals surface area contributed by atoms with Crippen molar-refractivity contribution in [2.75, 3.05) is 0 Å². The van der Waals surface area contributed by atoms with Gasteiger partial charge in [0.1, 0.15) is 12.1 Å². The molecular formula is C8H6N4O3. The van der Waals surface area contributed by atoms with Crippen molar-refractivity contribution in [3.8, 4) is 0 Å². The van der Waals surface area contributed by atoms with Gasteiger partial charge in [-0.15, -0.1) is 5.10 Å². The topological polar surface area (TPSA) is 98.0 Å². The summed E-state index contributed by atoms with van der Waals surface area (Å²) >= 11 is 0. The van der Waals surface area contributed by atoms with E-state index in [-0.39, 0.29) is 0 Å². The van der Waals surface area contributed by atoms with E-state index >= 15 is 0 Å². The number of carbonyl (C=O) groups is 1. The van der Waals surface area contributed by atoms with Crippen molar-refractivity contribution in [3.63, 3.8) is 0 Å². The number of aliphatic carboxylic acids is 1. The smallest absolute Gasteiger partial charge is 0.325 e. The number of carboxylic acids is 1.